The Morgan fingerprint density at radius 3 is 2.90 bits per heavy atom. The molecule has 2 aromatic rings. The number of aryl methyl sites for hydroxylation is 1. The second-order valence-corrected chi connectivity index (χ2v) is 5.62. The second-order valence-electron chi connectivity index (χ2n) is 4.78. The van der Waals surface area contributed by atoms with Crippen molar-refractivity contribution in [1.29, 1.82) is 0 Å². The van der Waals surface area contributed by atoms with Crippen molar-refractivity contribution in [1.82, 2.24) is 10.3 Å². The number of amides is 2. The molecule has 6 nitrogen and oxygen atoms in total. The number of benzene rings is 1. The summed E-state index contributed by atoms with van der Waals surface area (Å²) in [6.07, 6.45) is 1.08. The number of hydrogen-bond donors (Lipinski definition) is 3. The summed E-state index contributed by atoms with van der Waals surface area (Å²) in [6.45, 7) is 0.283. The van der Waals surface area contributed by atoms with E-state index in [1.165, 1.54) is 0 Å². The van der Waals surface area contributed by atoms with Crippen molar-refractivity contribution in [2.75, 3.05) is 5.32 Å². The number of nitrogens with one attached hydrogen (secondary N) is 3. The first-order valence-electron chi connectivity index (χ1n) is 6.49. The maximum absolute atomic E-state index is 12.1. The molecular formula is C14H13N3O3S. The van der Waals surface area contributed by atoms with Crippen LogP contribution in [-0.2, 0) is 17.8 Å². The highest BCUT2D eigenvalue weighted by Crippen LogP contribution is 2.23. The number of fused-ring (bicyclic) bond motifs is 1. The standard InChI is InChI=1S/C14H13N3O3S/c18-12-4-2-8-5-9(1-3-11(8)17-12)13(19)15-6-10-7-21-14(20)16-10/h1,3,5,7H,2,4,6H2,(H,15,19)(H,16,20)(H,17,18). The van der Waals surface area contributed by atoms with Gasteiger partial charge in [0.05, 0.1) is 6.54 Å². The maximum atomic E-state index is 12.1. The SMILES string of the molecule is O=C1CCc2cc(C(=O)NCc3csc(=O)[nH]3)ccc2N1. The molecule has 1 aliphatic rings. The van der Waals surface area contributed by atoms with Crippen molar-refractivity contribution in [3.05, 3.63) is 50.1 Å². The molecule has 0 atom stereocenters. The van der Waals surface area contributed by atoms with Gasteiger partial charge < -0.3 is 15.6 Å². The van der Waals surface area contributed by atoms with Gasteiger partial charge in [-0.2, -0.15) is 0 Å². The molecule has 0 unspecified atom stereocenters. The van der Waals surface area contributed by atoms with E-state index in [4.69, 9.17) is 0 Å². The number of aromatic nitrogens is 1. The molecule has 7 heteroatoms. The fourth-order valence-corrected chi connectivity index (χ4v) is 2.78. The fraction of sp³-hybridized carbons (Fsp3) is 0.214. The van der Waals surface area contributed by atoms with Gasteiger partial charge in [-0.15, -0.1) is 0 Å². The normalized spacial score (nSPS) is 13.4. The molecule has 108 valence electrons. The Morgan fingerprint density at radius 2 is 2.14 bits per heavy atom. The monoisotopic (exact) mass is 303 g/mol. The lowest BCUT2D eigenvalue weighted by atomic mass is 10.00. The van der Waals surface area contributed by atoms with E-state index in [0.717, 1.165) is 22.6 Å². The van der Waals surface area contributed by atoms with Crippen molar-refractivity contribution in [2.45, 2.75) is 19.4 Å². The summed E-state index contributed by atoms with van der Waals surface area (Å²) in [5.41, 5.74) is 2.96. The van der Waals surface area contributed by atoms with Gasteiger partial charge in [0.2, 0.25) is 5.91 Å². The van der Waals surface area contributed by atoms with Gasteiger partial charge in [-0.05, 0) is 30.2 Å². The van der Waals surface area contributed by atoms with E-state index >= 15 is 0 Å². The lowest BCUT2D eigenvalue weighted by Crippen LogP contribution is -2.24. The topological polar surface area (TPSA) is 91.1 Å². The highest BCUT2D eigenvalue weighted by Gasteiger charge is 2.16. The molecule has 21 heavy (non-hydrogen) atoms. The number of H-pyrrole nitrogens is 1. The molecule has 0 saturated carbocycles. The fourth-order valence-electron chi connectivity index (χ4n) is 2.20. The first-order chi connectivity index (χ1) is 10.1. The van der Waals surface area contributed by atoms with Crippen LogP contribution in [0.25, 0.3) is 0 Å². The summed E-state index contributed by atoms with van der Waals surface area (Å²) >= 11 is 1.07. The van der Waals surface area contributed by atoms with Crippen LogP contribution >= 0.6 is 11.3 Å². The molecule has 1 aliphatic heterocycles. The number of hydrogen-bond acceptors (Lipinski definition) is 4. The summed E-state index contributed by atoms with van der Waals surface area (Å²) in [6, 6.07) is 5.21. The zero-order valence-corrected chi connectivity index (χ0v) is 11.9. The molecule has 1 aromatic carbocycles. The third-order valence-electron chi connectivity index (χ3n) is 3.27. The van der Waals surface area contributed by atoms with Crippen LogP contribution in [0.4, 0.5) is 5.69 Å². The number of carbonyl (C=O) groups is 2. The molecule has 1 aromatic heterocycles. The summed E-state index contributed by atoms with van der Waals surface area (Å²) in [5, 5.41) is 7.22. The van der Waals surface area contributed by atoms with Crippen LogP contribution in [0.15, 0.2) is 28.4 Å². The van der Waals surface area contributed by atoms with E-state index in [0.29, 0.717) is 24.1 Å². The average molecular weight is 303 g/mol. The van der Waals surface area contributed by atoms with Gasteiger partial charge in [0.1, 0.15) is 0 Å². The Hall–Kier alpha value is -2.41. The van der Waals surface area contributed by atoms with E-state index < -0.39 is 0 Å². The van der Waals surface area contributed by atoms with Crippen LogP contribution in [0, 0.1) is 0 Å². The molecule has 0 fully saturated rings. The highest BCUT2D eigenvalue weighted by atomic mass is 32.1. The molecule has 2 amide bonds. The molecular weight excluding hydrogens is 290 g/mol. The number of anilines is 1. The quantitative estimate of drug-likeness (QED) is 0.797. The van der Waals surface area contributed by atoms with E-state index in [9.17, 15) is 14.4 Å². The average Bonchev–Trinajstić information content (AvgIpc) is 2.90. The zero-order chi connectivity index (χ0) is 14.8. The number of rotatable bonds is 3. The van der Waals surface area contributed by atoms with Crippen molar-refractivity contribution in [2.24, 2.45) is 0 Å². The van der Waals surface area contributed by atoms with Gasteiger partial charge in [-0.3, -0.25) is 14.4 Å². The predicted molar refractivity (Wildman–Crippen MR) is 79.5 cm³/mol. The van der Waals surface area contributed by atoms with Crippen molar-refractivity contribution in [3.63, 3.8) is 0 Å². The lowest BCUT2D eigenvalue weighted by molar-refractivity contribution is -0.116. The molecule has 3 N–H and O–H groups in total. The molecule has 2 heterocycles. The van der Waals surface area contributed by atoms with E-state index in [2.05, 4.69) is 15.6 Å². The lowest BCUT2D eigenvalue weighted by Gasteiger charge is -2.17. The molecule has 0 aliphatic carbocycles. The Balaban J connectivity index is 1.70. The minimum absolute atomic E-state index is 0.00103. The summed E-state index contributed by atoms with van der Waals surface area (Å²) in [4.78, 5) is 36.9. The number of carbonyl (C=O) groups excluding carboxylic acids is 2. The van der Waals surface area contributed by atoms with E-state index in [1.807, 2.05) is 0 Å². The minimum Gasteiger partial charge on any atom is -0.346 e. The Bertz CT molecular complexity index is 763. The summed E-state index contributed by atoms with van der Waals surface area (Å²) < 4.78 is 0. The molecule has 0 radical (unpaired) electrons. The van der Waals surface area contributed by atoms with Crippen molar-refractivity contribution >= 4 is 28.8 Å². The molecule has 0 saturated heterocycles. The van der Waals surface area contributed by atoms with Crippen LogP contribution in [0.1, 0.15) is 28.0 Å². The third kappa shape index (κ3) is 3.03. The van der Waals surface area contributed by atoms with Gasteiger partial charge in [0.25, 0.3) is 5.91 Å². The van der Waals surface area contributed by atoms with Crippen LogP contribution in [0.2, 0.25) is 0 Å². The Kier molecular flexibility index (Phi) is 3.57. The van der Waals surface area contributed by atoms with Crippen LogP contribution in [0.5, 0.6) is 0 Å². The second kappa shape index (κ2) is 5.53. The largest absolute Gasteiger partial charge is 0.346 e. The molecule has 0 bridgehead atoms. The number of thiazole rings is 1. The van der Waals surface area contributed by atoms with Crippen LogP contribution in [-0.4, -0.2) is 16.8 Å². The summed E-state index contributed by atoms with van der Waals surface area (Å²) in [5.74, 6) is -0.206. The van der Waals surface area contributed by atoms with Gasteiger partial charge in [0, 0.05) is 28.7 Å². The van der Waals surface area contributed by atoms with Gasteiger partial charge in [-0.25, -0.2) is 0 Å². The third-order valence-corrected chi connectivity index (χ3v) is 3.99. The van der Waals surface area contributed by atoms with Crippen LogP contribution < -0.4 is 15.5 Å². The van der Waals surface area contributed by atoms with Crippen LogP contribution in [0.3, 0.4) is 0 Å². The molecule has 3 rings (SSSR count). The first-order valence-corrected chi connectivity index (χ1v) is 7.37. The van der Waals surface area contributed by atoms with Gasteiger partial charge >= 0.3 is 4.87 Å². The van der Waals surface area contributed by atoms with E-state index in [1.54, 1.807) is 23.6 Å². The summed E-state index contributed by atoms with van der Waals surface area (Å²) in [7, 11) is 0. The van der Waals surface area contributed by atoms with Gasteiger partial charge in [-0.1, -0.05) is 11.3 Å². The predicted octanol–water partition coefficient (Wildman–Crippen LogP) is 1.25. The zero-order valence-electron chi connectivity index (χ0n) is 11.1. The molecule has 0 spiro atoms. The number of aromatic amines is 1. The Labute approximate surface area is 124 Å². The first kappa shape index (κ1) is 13.6. The van der Waals surface area contributed by atoms with Gasteiger partial charge in [0.15, 0.2) is 0 Å². The smallest absolute Gasteiger partial charge is 0.304 e. The van der Waals surface area contributed by atoms with E-state index in [-0.39, 0.29) is 23.2 Å². The highest BCUT2D eigenvalue weighted by molar-refractivity contribution is 7.07. The maximum Gasteiger partial charge on any atom is 0.304 e. The minimum atomic E-state index is -0.207. The van der Waals surface area contributed by atoms with Crippen molar-refractivity contribution in [3.8, 4) is 0 Å². The Morgan fingerprint density at radius 1 is 1.29 bits per heavy atom. The van der Waals surface area contributed by atoms with Crippen molar-refractivity contribution < 1.29 is 9.59 Å².